The zero-order valence-electron chi connectivity index (χ0n) is 16.8. The maximum atomic E-state index is 9.57. The van der Waals surface area contributed by atoms with Crippen LogP contribution in [-0.4, -0.2) is 42.6 Å². The third-order valence-electron chi connectivity index (χ3n) is 5.77. The van der Waals surface area contributed by atoms with Crippen molar-refractivity contribution >= 4 is 17.3 Å². The molecule has 3 heterocycles. The summed E-state index contributed by atoms with van der Waals surface area (Å²) < 4.78 is 3.54. The van der Waals surface area contributed by atoms with Gasteiger partial charge >= 0.3 is 0 Å². The molecule has 9 nitrogen and oxygen atoms in total. The van der Waals surface area contributed by atoms with E-state index in [1.54, 1.807) is 4.52 Å². The van der Waals surface area contributed by atoms with Crippen LogP contribution in [0.3, 0.4) is 0 Å². The lowest BCUT2D eigenvalue weighted by Gasteiger charge is -2.14. The van der Waals surface area contributed by atoms with Gasteiger partial charge in [-0.2, -0.15) is 20.0 Å². The molecule has 1 aliphatic rings. The first-order valence-corrected chi connectivity index (χ1v) is 10.0. The Kier molecular flexibility index (Phi) is 4.88. The molecule has 152 valence electrons. The molecule has 0 spiro atoms. The van der Waals surface area contributed by atoms with E-state index in [1.807, 2.05) is 30.8 Å². The van der Waals surface area contributed by atoms with Crippen LogP contribution in [0, 0.1) is 18.3 Å². The molecule has 0 aliphatic heterocycles. The molecule has 4 N–H and O–H groups in total. The molecule has 4 rings (SSSR count). The van der Waals surface area contributed by atoms with Crippen molar-refractivity contribution in [1.82, 2.24) is 24.4 Å². The number of fused-ring (bicyclic) bond motifs is 1. The highest BCUT2D eigenvalue weighted by molar-refractivity contribution is 5.69. The minimum atomic E-state index is 0.00582. The highest BCUT2D eigenvalue weighted by Crippen LogP contribution is 2.45. The third kappa shape index (κ3) is 3.29. The first-order valence-electron chi connectivity index (χ1n) is 10.0. The number of nitrogens with zero attached hydrogens (tertiary/aromatic N) is 6. The SMILES string of the molecule is CCc1c(C)nn2c(N)c(C#N)c(NCCc3ccn(C4(CCO)CC4)n3)nc12. The smallest absolute Gasteiger partial charge is 0.163 e. The number of aliphatic hydroxyl groups is 1. The summed E-state index contributed by atoms with van der Waals surface area (Å²) in [6.07, 6.45) is 6.34. The highest BCUT2D eigenvalue weighted by atomic mass is 16.3. The van der Waals surface area contributed by atoms with E-state index >= 15 is 0 Å². The molecule has 0 unspecified atom stereocenters. The molecule has 29 heavy (non-hydrogen) atoms. The van der Waals surface area contributed by atoms with Crippen LogP contribution in [-0.2, 0) is 18.4 Å². The van der Waals surface area contributed by atoms with Gasteiger partial charge in [0.25, 0.3) is 0 Å². The molecule has 0 radical (unpaired) electrons. The number of nitriles is 1. The van der Waals surface area contributed by atoms with E-state index in [4.69, 9.17) is 5.73 Å². The number of nitrogen functional groups attached to an aromatic ring is 1. The van der Waals surface area contributed by atoms with Crippen LogP contribution < -0.4 is 11.1 Å². The quantitative estimate of drug-likeness (QED) is 0.531. The third-order valence-corrected chi connectivity index (χ3v) is 5.77. The van der Waals surface area contributed by atoms with Gasteiger partial charge in [0, 0.05) is 31.3 Å². The van der Waals surface area contributed by atoms with E-state index in [1.165, 1.54) is 0 Å². The number of nitrogens with two attached hydrogens (primary N) is 1. The Morgan fingerprint density at radius 2 is 2.17 bits per heavy atom. The van der Waals surface area contributed by atoms with E-state index in [0.29, 0.717) is 35.8 Å². The normalized spacial score (nSPS) is 14.8. The lowest BCUT2D eigenvalue weighted by Crippen LogP contribution is -2.19. The summed E-state index contributed by atoms with van der Waals surface area (Å²) >= 11 is 0. The molecular weight excluding hydrogens is 368 g/mol. The van der Waals surface area contributed by atoms with Crippen molar-refractivity contribution in [3.05, 3.63) is 34.8 Å². The highest BCUT2D eigenvalue weighted by Gasteiger charge is 2.44. The second-order valence-electron chi connectivity index (χ2n) is 7.61. The van der Waals surface area contributed by atoms with Crippen molar-refractivity contribution in [3.8, 4) is 6.07 Å². The Bertz CT molecular complexity index is 1090. The van der Waals surface area contributed by atoms with Gasteiger partial charge < -0.3 is 16.2 Å². The van der Waals surface area contributed by atoms with Crippen LogP contribution in [0.4, 0.5) is 11.6 Å². The number of hydrogen-bond donors (Lipinski definition) is 3. The number of hydrogen-bond acceptors (Lipinski definition) is 7. The summed E-state index contributed by atoms with van der Waals surface area (Å²) in [5.41, 5.74) is 10.1. The van der Waals surface area contributed by atoms with Crippen molar-refractivity contribution < 1.29 is 5.11 Å². The van der Waals surface area contributed by atoms with Gasteiger partial charge in [-0.1, -0.05) is 6.92 Å². The molecule has 3 aromatic heterocycles. The Morgan fingerprint density at radius 1 is 1.38 bits per heavy atom. The fourth-order valence-corrected chi connectivity index (χ4v) is 3.89. The summed E-state index contributed by atoms with van der Waals surface area (Å²) in [7, 11) is 0. The number of rotatable bonds is 8. The van der Waals surface area contributed by atoms with Crippen LogP contribution in [0.2, 0.25) is 0 Å². The second kappa shape index (κ2) is 7.37. The fraction of sp³-hybridized carbons (Fsp3) is 0.500. The minimum absolute atomic E-state index is 0.00582. The van der Waals surface area contributed by atoms with Gasteiger partial charge in [-0.25, -0.2) is 4.98 Å². The topological polar surface area (TPSA) is 130 Å². The molecule has 9 heteroatoms. The van der Waals surface area contributed by atoms with Crippen molar-refractivity contribution in [1.29, 1.82) is 5.26 Å². The zero-order valence-corrected chi connectivity index (χ0v) is 16.8. The van der Waals surface area contributed by atoms with Gasteiger partial charge in [0.2, 0.25) is 0 Å². The molecule has 0 bridgehead atoms. The van der Waals surface area contributed by atoms with E-state index in [0.717, 1.165) is 42.6 Å². The molecule has 3 aromatic rings. The predicted octanol–water partition coefficient (Wildman–Crippen LogP) is 1.78. The molecule has 0 saturated heterocycles. The van der Waals surface area contributed by atoms with Crippen molar-refractivity contribution in [2.24, 2.45) is 0 Å². The monoisotopic (exact) mass is 394 g/mol. The van der Waals surface area contributed by atoms with E-state index < -0.39 is 0 Å². The van der Waals surface area contributed by atoms with Crippen LogP contribution >= 0.6 is 0 Å². The summed E-state index contributed by atoms with van der Waals surface area (Å²) in [5, 5.41) is 31.2. The van der Waals surface area contributed by atoms with Gasteiger partial charge in [0.1, 0.15) is 23.3 Å². The predicted molar refractivity (Wildman–Crippen MR) is 110 cm³/mol. The average molecular weight is 394 g/mol. The van der Waals surface area contributed by atoms with E-state index in [2.05, 4.69) is 26.6 Å². The average Bonchev–Trinajstić information content (AvgIpc) is 3.19. The molecule has 0 amide bonds. The van der Waals surface area contributed by atoms with Crippen LogP contribution in [0.25, 0.3) is 5.65 Å². The van der Waals surface area contributed by atoms with Crippen molar-refractivity contribution in [3.63, 3.8) is 0 Å². The Balaban J connectivity index is 1.51. The largest absolute Gasteiger partial charge is 0.396 e. The molecule has 0 aromatic carbocycles. The second-order valence-corrected chi connectivity index (χ2v) is 7.61. The van der Waals surface area contributed by atoms with Crippen LogP contribution in [0.15, 0.2) is 12.3 Å². The lowest BCUT2D eigenvalue weighted by atomic mass is 10.2. The van der Waals surface area contributed by atoms with E-state index in [-0.39, 0.29) is 12.1 Å². The standard InChI is InChI=1S/C20H26N8O/c1-3-15-13(2)25-28-17(22)16(12-21)18(24-19(15)28)23-9-4-14-5-10-27(26-14)20(6-7-20)8-11-29/h5,10,29H,3-4,6-9,11,22H2,1-2H3,(H,23,24). The number of anilines is 2. The summed E-state index contributed by atoms with van der Waals surface area (Å²) in [4.78, 5) is 4.64. The molecule has 1 saturated carbocycles. The number of nitrogens with one attached hydrogen (secondary N) is 1. The zero-order chi connectivity index (χ0) is 20.6. The number of aliphatic hydroxyl groups excluding tert-OH is 1. The first kappa shape index (κ1) is 19.2. The summed E-state index contributed by atoms with van der Waals surface area (Å²) in [6.45, 7) is 4.73. The van der Waals surface area contributed by atoms with E-state index in [9.17, 15) is 10.4 Å². The Morgan fingerprint density at radius 3 is 2.83 bits per heavy atom. The van der Waals surface area contributed by atoms with Gasteiger partial charge in [0.05, 0.1) is 16.9 Å². The minimum Gasteiger partial charge on any atom is -0.396 e. The van der Waals surface area contributed by atoms with Crippen LogP contribution in [0.5, 0.6) is 0 Å². The van der Waals surface area contributed by atoms with Crippen molar-refractivity contribution in [2.75, 3.05) is 24.2 Å². The van der Waals surface area contributed by atoms with Gasteiger partial charge in [-0.05, 0) is 38.7 Å². The molecule has 0 atom stereocenters. The van der Waals surface area contributed by atoms with Gasteiger partial charge in [0.15, 0.2) is 5.65 Å². The van der Waals surface area contributed by atoms with Gasteiger partial charge in [-0.3, -0.25) is 4.68 Å². The number of aromatic nitrogens is 5. The fourth-order valence-electron chi connectivity index (χ4n) is 3.89. The Hall–Kier alpha value is -3.12. The molecular formula is C20H26N8O. The lowest BCUT2D eigenvalue weighted by molar-refractivity contribution is 0.241. The first-order chi connectivity index (χ1) is 14.0. The maximum Gasteiger partial charge on any atom is 0.163 e. The Labute approximate surface area is 169 Å². The van der Waals surface area contributed by atoms with Crippen LogP contribution in [0.1, 0.15) is 48.7 Å². The van der Waals surface area contributed by atoms with Crippen molar-refractivity contribution in [2.45, 2.75) is 51.5 Å². The maximum absolute atomic E-state index is 9.57. The summed E-state index contributed by atoms with van der Waals surface area (Å²) in [6, 6.07) is 4.15. The molecule has 1 aliphatic carbocycles. The number of aryl methyl sites for hydroxylation is 2. The molecule has 1 fully saturated rings. The van der Waals surface area contributed by atoms with Gasteiger partial charge in [-0.15, -0.1) is 0 Å². The summed E-state index contributed by atoms with van der Waals surface area (Å²) in [5.74, 6) is 0.775.